The number of fused-ring (bicyclic) bond motifs is 1. The summed E-state index contributed by atoms with van der Waals surface area (Å²) in [5.74, 6) is -0.198. The predicted molar refractivity (Wildman–Crippen MR) is 103 cm³/mol. The van der Waals surface area contributed by atoms with Gasteiger partial charge in [-0.15, -0.1) is 0 Å². The van der Waals surface area contributed by atoms with E-state index in [0.29, 0.717) is 11.5 Å². The lowest BCUT2D eigenvalue weighted by molar-refractivity contribution is -0.148. The van der Waals surface area contributed by atoms with Crippen molar-refractivity contribution in [2.75, 3.05) is 13.2 Å². The molecule has 1 heterocycles. The Morgan fingerprint density at radius 3 is 2.79 bits per heavy atom. The summed E-state index contributed by atoms with van der Waals surface area (Å²) in [5.41, 5.74) is 0.483. The number of sulfonamides is 1. The first-order valence-corrected chi connectivity index (χ1v) is 11.0. The van der Waals surface area contributed by atoms with Crippen LogP contribution < -0.4 is 10.0 Å². The SMILES string of the molecule is C[C@H]1CCCC[C@@H]1NC(=O)COC(=O)CCN=C1NS(=O)(=O)c2ccccc21. The molecule has 0 aromatic heterocycles. The number of nitrogens with one attached hydrogen (secondary N) is 2. The number of benzene rings is 1. The van der Waals surface area contributed by atoms with Crippen LogP contribution >= 0.6 is 0 Å². The van der Waals surface area contributed by atoms with Crippen LogP contribution in [-0.2, 0) is 24.3 Å². The van der Waals surface area contributed by atoms with Gasteiger partial charge in [0.15, 0.2) is 6.61 Å². The molecule has 28 heavy (non-hydrogen) atoms. The second kappa shape index (κ2) is 8.72. The van der Waals surface area contributed by atoms with Crippen molar-refractivity contribution in [2.24, 2.45) is 10.9 Å². The molecule has 0 bridgehead atoms. The van der Waals surface area contributed by atoms with Crippen molar-refractivity contribution in [1.82, 2.24) is 10.0 Å². The normalized spacial score (nSPS) is 24.2. The second-order valence-electron chi connectivity index (χ2n) is 7.18. The van der Waals surface area contributed by atoms with Crippen molar-refractivity contribution >= 4 is 27.7 Å². The first-order chi connectivity index (χ1) is 13.4. The van der Waals surface area contributed by atoms with Crippen LogP contribution in [-0.4, -0.2) is 45.3 Å². The van der Waals surface area contributed by atoms with Crippen LogP contribution in [0.25, 0.3) is 0 Å². The van der Waals surface area contributed by atoms with Crippen molar-refractivity contribution in [3.63, 3.8) is 0 Å². The van der Waals surface area contributed by atoms with E-state index >= 15 is 0 Å². The Balaban J connectivity index is 1.44. The number of hydrogen-bond acceptors (Lipinski definition) is 6. The molecule has 1 aliphatic carbocycles. The van der Waals surface area contributed by atoms with Crippen LogP contribution in [0.2, 0.25) is 0 Å². The average Bonchev–Trinajstić information content (AvgIpc) is 2.93. The monoisotopic (exact) mass is 407 g/mol. The predicted octanol–water partition coefficient (Wildman–Crippen LogP) is 1.35. The van der Waals surface area contributed by atoms with E-state index in [-0.39, 0.29) is 42.3 Å². The molecule has 152 valence electrons. The minimum Gasteiger partial charge on any atom is -0.456 e. The summed E-state index contributed by atoms with van der Waals surface area (Å²) < 4.78 is 31.4. The maximum atomic E-state index is 12.0. The van der Waals surface area contributed by atoms with E-state index in [2.05, 4.69) is 22.0 Å². The summed E-state index contributed by atoms with van der Waals surface area (Å²) in [5, 5.41) is 2.92. The van der Waals surface area contributed by atoms with E-state index < -0.39 is 16.0 Å². The summed E-state index contributed by atoms with van der Waals surface area (Å²) in [6.45, 7) is 1.87. The third-order valence-electron chi connectivity index (χ3n) is 5.07. The second-order valence-corrected chi connectivity index (χ2v) is 8.83. The lowest BCUT2D eigenvalue weighted by atomic mass is 9.86. The standard InChI is InChI=1S/C19H25N3O5S/c1-13-6-2-4-8-15(13)21-17(23)12-27-18(24)10-11-20-19-14-7-3-5-9-16(14)28(25,26)22-19/h3,5,7,9,13,15H,2,4,6,8,10-12H2,1H3,(H,20,22)(H,21,23)/t13-,15-/m0/s1. The number of carbonyl (C=O) groups is 2. The number of nitrogens with zero attached hydrogens (tertiary/aromatic N) is 1. The van der Waals surface area contributed by atoms with E-state index in [9.17, 15) is 18.0 Å². The molecular formula is C19H25N3O5S. The van der Waals surface area contributed by atoms with Gasteiger partial charge in [-0.3, -0.25) is 19.3 Å². The van der Waals surface area contributed by atoms with Crippen LogP contribution in [0.5, 0.6) is 0 Å². The van der Waals surface area contributed by atoms with Gasteiger partial charge in [0.2, 0.25) is 0 Å². The Labute approximate surface area is 164 Å². The molecule has 1 aromatic carbocycles. The van der Waals surface area contributed by atoms with E-state index in [4.69, 9.17) is 4.74 Å². The van der Waals surface area contributed by atoms with Gasteiger partial charge in [-0.2, -0.15) is 0 Å². The summed E-state index contributed by atoms with van der Waals surface area (Å²) >= 11 is 0. The van der Waals surface area contributed by atoms with Gasteiger partial charge in [-0.05, 0) is 30.9 Å². The van der Waals surface area contributed by atoms with Crippen LogP contribution in [0.3, 0.4) is 0 Å². The highest BCUT2D eigenvalue weighted by Crippen LogP contribution is 2.24. The quantitative estimate of drug-likeness (QED) is 0.691. The third kappa shape index (κ3) is 4.89. The highest BCUT2D eigenvalue weighted by Gasteiger charge is 2.30. The Morgan fingerprint density at radius 2 is 2.00 bits per heavy atom. The number of esters is 1. The summed E-state index contributed by atoms with van der Waals surface area (Å²) in [6.07, 6.45) is 4.29. The number of rotatable bonds is 6. The zero-order chi connectivity index (χ0) is 20.1. The van der Waals surface area contributed by atoms with Crippen molar-refractivity contribution in [1.29, 1.82) is 0 Å². The summed E-state index contributed by atoms with van der Waals surface area (Å²) in [6, 6.07) is 6.65. The maximum absolute atomic E-state index is 12.0. The number of carbonyl (C=O) groups excluding carboxylic acids is 2. The van der Waals surface area contributed by atoms with Gasteiger partial charge in [0.25, 0.3) is 15.9 Å². The zero-order valence-electron chi connectivity index (χ0n) is 15.8. The molecule has 1 amide bonds. The molecule has 3 rings (SSSR count). The number of hydrogen-bond donors (Lipinski definition) is 2. The maximum Gasteiger partial charge on any atom is 0.308 e. The van der Waals surface area contributed by atoms with Gasteiger partial charge in [0.05, 0.1) is 17.9 Å². The van der Waals surface area contributed by atoms with E-state index in [1.807, 2.05) is 0 Å². The van der Waals surface area contributed by atoms with Gasteiger partial charge >= 0.3 is 5.97 Å². The molecule has 0 radical (unpaired) electrons. The molecule has 9 heteroatoms. The fraction of sp³-hybridized carbons (Fsp3) is 0.526. The molecule has 0 saturated heterocycles. The van der Waals surface area contributed by atoms with E-state index in [1.165, 1.54) is 12.5 Å². The highest BCUT2D eigenvalue weighted by molar-refractivity contribution is 7.90. The topological polar surface area (TPSA) is 114 Å². The third-order valence-corrected chi connectivity index (χ3v) is 6.47. The van der Waals surface area contributed by atoms with Crippen LogP contribution in [0.15, 0.2) is 34.2 Å². The Kier molecular flexibility index (Phi) is 6.33. The Morgan fingerprint density at radius 1 is 1.25 bits per heavy atom. The van der Waals surface area contributed by atoms with Crippen molar-refractivity contribution in [3.8, 4) is 0 Å². The molecule has 1 fully saturated rings. The fourth-order valence-corrected chi connectivity index (χ4v) is 4.76. The van der Waals surface area contributed by atoms with Crippen LogP contribution in [0, 0.1) is 5.92 Å². The summed E-state index contributed by atoms with van der Waals surface area (Å²) in [7, 11) is -3.60. The Bertz CT molecular complexity index is 881. The number of ether oxygens (including phenoxy) is 1. The average molecular weight is 407 g/mol. The molecule has 0 spiro atoms. The first kappa shape index (κ1) is 20.3. The van der Waals surface area contributed by atoms with Gasteiger partial charge in [0, 0.05) is 11.6 Å². The minimum absolute atomic E-state index is 0.0412. The molecule has 1 aliphatic heterocycles. The number of amides is 1. The molecule has 2 aliphatic rings. The number of aliphatic imine (C=N–C) groups is 1. The van der Waals surface area contributed by atoms with E-state index in [0.717, 1.165) is 19.3 Å². The molecule has 2 N–H and O–H groups in total. The van der Waals surface area contributed by atoms with Gasteiger partial charge in [-0.1, -0.05) is 31.9 Å². The molecule has 0 unspecified atom stereocenters. The van der Waals surface area contributed by atoms with Gasteiger partial charge < -0.3 is 10.1 Å². The molecular weight excluding hydrogens is 382 g/mol. The van der Waals surface area contributed by atoms with Gasteiger partial charge in [0.1, 0.15) is 5.84 Å². The van der Waals surface area contributed by atoms with Crippen molar-refractivity contribution in [2.45, 2.75) is 50.0 Å². The van der Waals surface area contributed by atoms with Crippen molar-refractivity contribution in [3.05, 3.63) is 29.8 Å². The zero-order valence-corrected chi connectivity index (χ0v) is 16.6. The van der Waals surface area contributed by atoms with Crippen LogP contribution in [0.1, 0.15) is 44.6 Å². The van der Waals surface area contributed by atoms with Gasteiger partial charge in [-0.25, -0.2) is 8.42 Å². The number of amidine groups is 1. The lowest BCUT2D eigenvalue weighted by Crippen LogP contribution is -2.42. The lowest BCUT2D eigenvalue weighted by Gasteiger charge is -2.29. The molecule has 1 saturated carbocycles. The summed E-state index contributed by atoms with van der Waals surface area (Å²) in [4.78, 5) is 28.1. The fourth-order valence-electron chi connectivity index (χ4n) is 3.51. The first-order valence-electron chi connectivity index (χ1n) is 9.48. The Hall–Kier alpha value is -2.42. The van der Waals surface area contributed by atoms with E-state index in [1.54, 1.807) is 18.2 Å². The molecule has 1 aromatic rings. The highest BCUT2D eigenvalue weighted by atomic mass is 32.2. The van der Waals surface area contributed by atoms with Crippen LogP contribution in [0.4, 0.5) is 0 Å². The smallest absolute Gasteiger partial charge is 0.308 e. The largest absolute Gasteiger partial charge is 0.456 e. The molecule has 8 nitrogen and oxygen atoms in total. The minimum atomic E-state index is -3.60. The van der Waals surface area contributed by atoms with Crippen molar-refractivity contribution < 1.29 is 22.7 Å². The molecule has 2 atom stereocenters.